The van der Waals surface area contributed by atoms with Gasteiger partial charge in [0.2, 0.25) is 0 Å². The van der Waals surface area contributed by atoms with Gasteiger partial charge < -0.3 is 10.2 Å². The number of benzene rings is 1. The number of nitrogens with zero attached hydrogens (tertiary/aromatic N) is 1. The minimum atomic E-state index is -3.00. The fourth-order valence-electron chi connectivity index (χ4n) is 2.46. The van der Waals surface area contributed by atoms with E-state index in [9.17, 15) is 13.2 Å². The quantitative estimate of drug-likeness (QED) is 0.910. The van der Waals surface area contributed by atoms with Crippen LogP contribution in [0.15, 0.2) is 18.2 Å². The molecule has 2 rings (SSSR count). The number of hydrogen-bond donors (Lipinski definition) is 1. The van der Waals surface area contributed by atoms with E-state index >= 15 is 0 Å². The molecule has 0 spiro atoms. The van der Waals surface area contributed by atoms with E-state index in [1.165, 1.54) is 11.8 Å². The Morgan fingerprint density at radius 1 is 1.41 bits per heavy atom. The number of amides is 2. The molecular formula is C15H21ClN2O3S. The largest absolute Gasteiger partial charge is 0.335 e. The number of carbonyl (C=O) groups is 1. The van der Waals surface area contributed by atoms with Crippen molar-refractivity contribution in [1.82, 2.24) is 10.2 Å². The van der Waals surface area contributed by atoms with Crippen molar-refractivity contribution in [1.29, 1.82) is 0 Å². The van der Waals surface area contributed by atoms with Gasteiger partial charge in [0, 0.05) is 30.4 Å². The lowest BCUT2D eigenvalue weighted by Gasteiger charge is -2.30. The molecule has 1 N–H and O–H groups in total. The molecule has 22 heavy (non-hydrogen) atoms. The molecule has 5 nitrogen and oxygen atoms in total. The van der Waals surface area contributed by atoms with Gasteiger partial charge in [-0.1, -0.05) is 17.7 Å². The predicted molar refractivity (Wildman–Crippen MR) is 87.9 cm³/mol. The number of fused-ring (bicyclic) bond motifs is 1. The van der Waals surface area contributed by atoms with Gasteiger partial charge in [0.15, 0.2) is 0 Å². The Kier molecular flexibility index (Phi) is 5.34. The maximum Gasteiger partial charge on any atom is 0.317 e. The Morgan fingerprint density at radius 3 is 2.82 bits per heavy atom. The summed E-state index contributed by atoms with van der Waals surface area (Å²) < 4.78 is 22.3. The first kappa shape index (κ1) is 17.1. The van der Waals surface area contributed by atoms with Crippen LogP contribution in [0.1, 0.15) is 24.5 Å². The van der Waals surface area contributed by atoms with Crippen molar-refractivity contribution in [3.8, 4) is 0 Å². The Bertz CT molecular complexity index is 661. The topological polar surface area (TPSA) is 66.5 Å². The van der Waals surface area contributed by atoms with Gasteiger partial charge in [-0.2, -0.15) is 0 Å². The smallest absolute Gasteiger partial charge is 0.317 e. The highest BCUT2D eigenvalue weighted by Gasteiger charge is 2.22. The zero-order valence-electron chi connectivity index (χ0n) is 12.8. The van der Waals surface area contributed by atoms with E-state index in [-0.39, 0.29) is 17.8 Å². The van der Waals surface area contributed by atoms with E-state index in [4.69, 9.17) is 11.6 Å². The Hall–Kier alpha value is -1.27. The summed E-state index contributed by atoms with van der Waals surface area (Å²) in [5.74, 6) is 0.0791. The maximum atomic E-state index is 12.2. The first-order valence-corrected chi connectivity index (χ1v) is 9.69. The maximum absolute atomic E-state index is 12.2. The second-order valence-electron chi connectivity index (χ2n) is 5.85. The summed E-state index contributed by atoms with van der Waals surface area (Å²) in [6, 6.07) is 5.40. The third-order valence-electron chi connectivity index (χ3n) is 3.76. The van der Waals surface area contributed by atoms with Gasteiger partial charge in [-0.3, -0.25) is 0 Å². The first-order valence-electron chi connectivity index (χ1n) is 7.25. The van der Waals surface area contributed by atoms with Gasteiger partial charge in [0.1, 0.15) is 9.84 Å². The van der Waals surface area contributed by atoms with Crippen LogP contribution in [0.2, 0.25) is 5.02 Å². The van der Waals surface area contributed by atoms with Crippen molar-refractivity contribution in [3.63, 3.8) is 0 Å². The third-order valence-corrected chi connectivity index (χ3v) is 4.97. The minimum absolute atomic E-state index is 0.0791. The molecule has 1 aromatic carbocycles. The number of urea groups is 1. The average Bonchev–Trinajstić information content (AvgIpc) is 2.43. The van der Waals surface area contributed by atoms with Crippen LogP contribution in [-0.4, -0.2) is 43.9 Å². The lowest BCUT2D eigenvalue weighted by atomic mass is 10.0. The monoisotopic (exact) mass is 344 g/mol. The van der Waals surface area contributed by atoms with E-state index in [2.05, 4.69) is 5.32 Å². The van der Waals surface area contributed by atoms with Gasteiger partial charge in [-0.05, 0) is 43.0 Å². The number of carbonyl (C=O) groups excluding carboxylic acids is 1. The summed E-state index contributed by atoms with van der Waals surface area (Å²) in [7, 11) is -3.00. The van der Waals surface area contributed by atoms with Crippen molar-refractivity contribution < 1.29 is 13.2 Å². The molecule has 2 amide bonds. The van der Waals surface area contributed by atoms with Gasteiger partial charge >= 0.3 is 6.03 Å². The van der Waals surface area contributed by atoms with E-state index < -0.39 is 9.84 Å². The number of hydrogen-bond acceptors (Lipinski definition) is 3. The van der Waals surface area contributed by atoms with Crippen LogP contribution in [-0.2, 0) is 22.8 Å². The Morgan fingerprint density at radius 2 is 2.14 bits per heavy atom. The van der Waals surface area contributed by atoms with Gasteiger partial charge in [0.05, 0.1) is 5.75 Å². The van der Waals surface area contributed by atoms with E-state index in [0.717, 1.165) is 12.0 Å². The second-order valence-corrected chi connectivity index (χ2v) is 8.55. The van der Waals surface area contributed by atoms with Crippen molar-refractivity contribution in [3.05, 3.63) is 34.3 Å². The van der Waals surface area contributed by atoms with Crippen molar-refractivity contribution >= 4 is 27.5 Å². The van der Waals surface area contributed by atoms with Gasteiger partial charge in [0.25, 0.3) is 0 Å². The van der Waals surface area contributed by atoms with Crippen molar-refractivity contribution in [2.45, 2.75) is 32.4 Å². The number of nitrogens with one attached hydrogen (secondary N) is 1. The van der Waals surface area contributed by atoms with Crippen LogP contribution in [0, 0.1) is 0 Å². The molecule has 7 heteroatoms. The summed E-state index contributed by atoms with van der Waals surface area (Å²) in [4.78, 5) is 14.0. The summed E-state index contributed by atoms with van der Waals surface area (Å²) in [6.45, 7) is 3.01. The highest BCUT2D eigenvalue weighted by Crippen LogP contribution is 2.22. The zero-order valence-corrected chi connectivity index (χ0v) is 14.4. The molecule has 0 aliphatic carbocycles. The molecule has 1 aromatic rings. The van der Waals surface area contributed by atoms with Crippen LogP contribution in [0.5, 0.6) is 0 Å². The molecule has 1 aliphatic rings. The lowest BCUT2D eigenvalue weighted by molar-refractivity contribution is 0.189. The average molecular weight is 345 g/mol. The second kappa shape index (κ2) is 6.87. The molecule has 0 unspecified atom stereocenters. The van der Waals surface area contributed by atoms with Gasteiger partial charge in [-0.25, -0.2) is 13.2 Å². The van der Waals surface area contributed by atoms with Crippen LogP contribution >= 0.6 is 11.6 Å². The van der Waals surface area contributed by atoms with Crippen molar-refractivity contribution in [2.75, 3.05) is 18.6 Å². The summed E-state index contributed by atoms with van der Waals surface area (Å²) in [6.07, 6.45) is 2.40. The molecule has 0 radical (unpaired) electrons. The van der Waals surface area contributed by atoms with Gasteiger partial charge in [-0.15, -0.1) is 0 Å². The molecule has 0 saturated carbocycles. The predicted octanol–water partition coefficient (Wildman–Crippen LogP) is 2.23. The molecule has 1 heterocycles. The fourth-order valence-corrected chi connectivity index (χ4v) is 3.44. The SMILES string of the molecule is C[C@H](CCS(C)(=O)=O)NC(=O)N1CCc2cc(Cl)ccc2C1. The first-order chi connectivity index (χ1) is 10.2. The summed E-state index contributed by atoms with van der Waals surface area (Å²) >= 11 is 5.97. The standard InChI is InChI=1S/C15H21ClN2O3S/c1-11(6-8-22(2,20)21)17-15(19)18-7-5-12-9-14(16)4-3-13(12)10-18/h3-4,9,11H,5-8,10H2,1-2H3,(H,17,19)/t11-/m1/s1. The van der Waals surface area contributed by atoms with Crippen LogP contribution in [0.25, 0.3) is 0 Å². The molecule has 0 aromatic heterocycles. The lowest BCUT2D eigenvalue weighted by Crippen LogP contribution is -2.46. The third kappa shape index (κ3) is 4.88. The Balaban J connectivity index is 1.90. The highest BCUT2D eigenvalue weighted by molar-refractivity contribution is 7.90. The minimum Gasteiger partial charge on any atom is -0.335 e. The van der Waals surface area contributed by atoms with Crippen LogP contribution in [0.4, 0.5) is 4.79 Å². The normalized spacial score (nSPS) is 16.0. The molecule has 122 valence electrons. The zero-order chi connectivity index (χ0) is 16.3. The molecular weight excluding hydrogens is 324 g/mol. The number of halogens is 1. The Labute approximate surface area is 136 Å². The molecule has 0 saturated heterocycles. The number of rotatable bonds is 4. The molecule has 0 fully saturated rings. The van der Waals surface area contributed by atoms with E-state index in [0.29, 0.717) is 24.5 Å². The van der Waals surface area contributed by atoms with Crippen molar-refractivity contribution in [2.24, 2.45) is 0 Å². The van der Waals surface area contributed by atoms with E-state index in [1.54, 1.807) is 4.90 Å². The molecule has 1 aliphatic heterocycles. The molecule has 0 bridgehead atoms. The summed E-state index contributed by atoms with van der Waals surface area (Å²) in [5, 5.41) is 3.57. The highest BCUT2D eigenvalue weighted by atomic mass is 35.5. The molecule has 1 atom stereocenters. The number of sulfone groups is 1. The van der Waals surface area contributed by atoms with E-state index in [1.807, 2.05) is 25.1 Å². The van der Waals surface area contributed by atoms with Crippen LogP contribution in [0.3, 0.4) is 0 Å². The van der Waals surface area contributed by atoms with Crippen LogP contribution < -0.4 is 5.32 Å². The fraction of sp³-hybridized carbons (Fsp3) is 0.533. The summed E-state index contributed by atoms with van der Waals surface area (Å²) in [5.41, 5.74) is 2.29.